The van der Waals surface area contributed by atoms with E-state index in [9.17, 15) is 9.59 Å². The Bertz CT molecular complexity index is 636. The van der Waals surface area contributed by atoms with Gasteiger partial charge in [-0.3, -0.25) is 9.59 Å². The molecule has 1 heterocycles. The molecule has 2 atom stereocenters. The quantitative estimate of drug-likeness (QED) is 0.662. The molecule has 0 aliphatic carbocycles. The average Bonchev–Trinajstić information content (AvgIpc) is 2.46. The second-order valence-corrected chi connectivity index (χ2v) is 7.45. The number of nitrogens with two attached hydrogens (primary N) is 1. The highest BCUT2D eigenvalue weighted by atomic mass is 16.6. The first-order valence-electron chi connectivity index (χ1n) is 8.39. The van der Waals surface area contributed by atoms with Gasteiger partial charge in [-0.2, -0.15) is 0 Å². The Morgan fingerprint density at radius 1 is 1.38 bits per heavy atom. The summed E-state index contributed by atoms with van der Waals surface area (Å²) >= 11 is 0. The largest absolute Gasteiger partial charge is 0.484 e. The van der Waals surface area contributed by atoms with Gasteiger partial charge < -0.3 is 15.2 Å². The van der Waals surface area contributed by atoms with Gasteiger partial charge in [0.15, 0.2) is 5.78 Å². The van der Waals surface area contributed by atoms with Crippen LogP contribution in [0.5, 0.6) is 5.75 Å². The smallest absolute Gasteiger partial charge is 0.323 e. The molecule has 24 heavy (non-hydrogen) atoms. The van der Waals surface area contributed by atoms with Gasteiger partial charge in [-0.15, -0.1) is 0 Å². The van der Waals surface area contributed by atoms with Gasteiger partial charge in [0.2, 0.25) is 0 Å². The fourth-order valence-electron chi connectivity index (χ4n) is 2.87. The molecule has 0 spiro atoms. The van der Waals surface area contributed by atoms with E-state index in [2.05, 4.69) is 0 Å². The second kappa shape index (κ2) is 6.93. The number of benzene rings is 1. The van der Waals surface area contributed by atoms with Crippen LogP contribution in [0.3, 0.4) is 0 Å². The van der Waals surface area contributed by atoms with Crippen molar-refractivity contribution >= 4 is 11.8 Å². The highest BCUT2D eigenvalue weighted by Crippen LogP contribution is 2.35. The van der Waals surface area contributed by atoms with Crippen molar-refractivity contribution in [2.45, 2.75) is 65.2 Å². The number of hydrogen-bond acceptors (Lipinski definition) is 5. The molecule has 0 bridgehead atoms. The summed E-state index contributed by atoms with van der Waals surface area (Å²) in [5, 5.41) is 0. The van der Waals surface area contributed by atoms with Crippen LogP contribution in [0.25, 0.3) is 0 Å². The minimum absolute atomic E-state index is 0.00451. The van der Waals surface area contributed by atoms with E-state index < -0.39 is 23.7 Å². The van der Waals surface area contributed by atoms with Crippen LogP contribution in [0.1, 0.15) is 57.0 Å². The van der Waals surface area contributed by atoms with Gasteiger partial charge in [0.1, 0.15) is 23.5 Å². The Morgan fingerprint density at radius 2 is 2.04 bits per heavy atom. The van der Waals surface area contributed by atoms with E-state index in [-0.39, 0.29) is 5.78 Å². The van der Waals surface area contributed by atoms with E-state index in [0.717, 1.165) is 11.3 Å². The SMILES string of the molecule is CC(=O)c1ccc2c(c1)C[C@@H](OC(=O)[C@@H](N)CC(C)C)C(C)(C)O2. The molecular formula is C19H27NO4. The molecule has 0 fully saturated rings. The Kier molecular flexibility index (Phi) is 5.33. The normalized spacial score (nSPS) is 20.0. The third kappa shape index (κ3) is 4.15. The number of Topliss-reactive ketones (excluding diaryl/α,β-unsaturated/α-hetero) is 1. The molecule has 1 aromatic carbocycles. The van der Waals surface area contributed by atoms with Crippen LogP contribution >= 0.6 is 0 Å². The molecule has 0 saturated heterocycles. The van der Waals surface area contributed by atoms with Gasteiger partial charge >= 0.3 is 5.97 Å². The topological polar surface area (TPSA) is 78.6 Å². The van der Waals surface area contributed by atoms with Gasteiger partial charge in [-0.1, -0.05) is 13.8 Å². The minimum atomic E-state index is -0.655. The van der Waals surface area contributed by atoms with Crippen molar-refractivity contribution in [1.29, 1.82) is 0 Å². The van der Waals surface area contributed by atoms with Crippen LogP contribution in [0, 0.1) is 5.92 Å². The number of esters is 1. The highest BCUT2D eigenvalue weighted by molar-refractivity contribution is 5.94. The first-order chi connectivity index (χ1) is 11.1. The average molecular weight is 333 g/mol. The fraction of sp³-hybridized carbons (Fsp3) is 0.579. The van der Waals surface area contributed by atoms with Crippen molar-refractivity contribution in [3.8, 4) is 5.75 Å². The summed E-state index contributed by atoms with van der Waals surface area (Å²) in [6.45, 7) is 9.33. The summed E-state index contributed by atoms with van der Waals surface area (Å²) in [5.41, 5.74) is 6.76. The van der Waals surface area contributed by atoms with Crippen LogP contribution < -0.4 is 10.5 Å². The molecule has 1 aromatic rings. The first-order valence-corrected chi connectivity index (χ1v) is 8.39. The number of ketones is 1. The molecule has 2 rings (SSSR count). The van der Waals surface area contributed by atoms with E-state index in [4.69, 9.17) is 15.2 Å². The molecule has 0 aromatic heterocycles. The van der Waals surface area contributed by atoms with Crippen LogP contribution in [0.4, 0.5) is 0 Å². The maximum absolute atomic E-state index is 12.3. The first kappa shape index (κ1) is 18.5. The van der Waals surface area contributed by atoms with Crippen LogP contribution in [0.2, 0.25) is 0 Å². The maximum Gasteiger partial charge on any atom is 0.323 e. The lowest BCUT2D eigenvalue weighted by Gasteiger charge is -2.39. The van der Waals surface area contributed by atoms with E-state index in [0.29, 0.717) is 24.3 Å². The predicted molar refractivity (Wildman–Crippen MR) is 92.2 cm³/mol. The van der Waals surface area contributed by atoms with Gasteiger partial charge in [-0.25, -0.2) is 0 Å². The summed E-state index contributed by atoms with van der Waals surface area (Å²) < 4.78 is 11.7. The number of ether oxygens (including phenoxy) is 2. The Morgan fingerprint density at radius 3 is 2.62 bits per heavy atom. The number of fused-ring (bicyclic) bond motifs is 1. The zero-order chi connectivity index (χ0) is 18.1. The molecule has 2 N–H and O–H groups in total. The van der Waals surface area contributed by atoms with Crippen LogP contribution in [-0.2, 0) is 16.0 Å². The zero-order valence-electron chi connectivity index (χ0n) is 15.1. The Labute approximate surface area is 143 Å². The van der Waals surface area contributed by atoms with Crippen molar-refractivity contribution < 1.29 is 19.1 Å². The lowest BCUT2D eigenvalue weighted by molar-refractivity contribution is -0.163. The fourth-order valence-corrected chi connectivity index (χ4v) is 2.87. The summed E-state index contributed by atoms with van der Waals surface area (Å²) in [6.07, 6.45) is 0.638. The summed E-state index contributed by atoms with van der Waals surface area (Å²) in [5.74, 6) is 0.637. The molecule has 1 aliphatic rings. The van der Waals surface area contributed by atoms with Crippen molar-refractivity contribution in [3.05, 3.63) is 29.3 Å². The lowest BCUT2D eigenvalue weighted by atomic mass is 9.89. The number of hydrogen-bond donors (Lipinski definition) is 1. The molecule has 0 saturated carbocycles. The molecule has 5 heteroatoms. The summed E-state index contributed by atoms with van der Waals surface area (Å²) in [6, 6.07) is 4.73. The molecule has 0 amide bonds. The number of rotatable bonds is 5. The maximum atomic E-state index is 12.3. The lowest BCUT2D eigenvalue weighted by Crippen LogP contribution is -2.50. The molecule has 1 aliphatic heterocycles. The van der Waals surface area contributed by atoms with E-state index >= 15 is 0 Å². The van der Waals surface area contributed by atoms with Crippen molar-refractivity contribution in [2.24, 2.45) is 11.7 Å². The standard InChI is InChI=1S/C19H27NO4/c1-11(2)8-15(20)18(22)23-17-10-14-9-13(12(3)21)6-7-16(14)24-19(17,4)5/h6-7,9,11,15,17H,8,10,20H2,1-5H3/t15-,17+/m0/s1. The van der Waals surface area contributed by atoms with E-state index in [1.54, 1.807) is 12.1 Å². The Balaban J connectivity index is 2.18. The Hall–Kier alpha value is -1.88. The molecule has 132 valence electrons. The van der Waals surface area contributed by atoms with E-state index in [1.807, 2.05) is 33.8 Å². The van der Waals surface area contributed by atoms with Gasteiger partial charge in [0.25, 0.3) is 0 Å². The third-order valence-electron chi connectivity index (χ3n) is 4.31. The predicted octanol–water partition coefficient (Wildman–Crippen LogP) is 2.89. The van der Waals surface area contributed by atoms with Crippen LogP contribution in [-0.4, -0.2) is 29.5 Å². The van der Waals surface area contributed by atoms with Crippen molar-refractivity contribution in [1.82, 2.24) is 0 Å². The van der Waals surface area contributed by atoms with Gasteiger partial charge in [0, 0.05) is 12.0 Å². The van der Waals surface area contributed by atoms with Crippen molar-refractivity contribution in [3.63, 3.8) is 0 Å². The van der Waals surface area contributed by atoms with Gasteiger partial charge in [0.05, 0.1) is 0 Å². The van der Waals surface area contributed by atoms with E-state index in [1.165, 1.54) is 6.92 Å². The monoisotopic (exact) mass is 333 g/mol. The van der Waals surface area contributed by atoms with Crippen molar-refractivity contribution in [2.75, 3.05) is 0 Å². The molecule has 0 radical (unpaired) electrons. The van der Waals surface area contributed by atoms with Crippen LogP contribution in [0.15, 0.2) is 18.2 Å². The highest BCUT2D eigenvalue weighted by Gasteiger charge is 2.40. The molecule has 5 nitrogen and oxygen atoms in total. The zero-order valence-corrected chi connectivity index (χ0v) is 15.1. The third-order valence-corrected chi connectivity index (χ3v) is 4.31. The number of carbonyl (C=O) groups excluding carboxylic acids is 2. The molecule has 0 unspecified atom stereocenters. The minimum Gasteiger partial charge on any atom is -0.484 e. The van der Waals surface area contributed by atoms with Gasteiger partial charge in [-0.05, 0) is 56.9 Å². The summed E-state index contributed by atoms with van der Waals surface area (Å²) in [4.78, 5) is 23.8. The number of carbonyl (C=O) groups is 2. The second-order valence-electron chi connectivity index (χ2n) is 7.45. The summed E-state index contributed by atoms with van der Waals surface area (Å²) in [7, 11) is 0. The molecular weight excluding hydrogens is 306 g/mol.